The number of carbonyl (C=O) groups is 1. The van der Waals surface area contributed by atoms with Crippen LogP contribution in [-0.4, -0.2) is 17.6 Å². The fourth-order valence-corrected chi connectivity index (χ4v) is 1.74. The van der Waals surface area contributed by atoms with E-state index in [4.69, 9.17) is 10.00 Å². The molecule has 0 unspecified atom stereocenters. The molecule has 0 aromatic carbocycles. The highest BCUT2D eigenvalue weighted by Gasteiger charge is 2.22. The van der Waals surface area contributed by atoms with Gasteiger partial charge in [0, 0.05) is 5.33 Å². The Bertz CT molecular complexity index is 501. The molecule has 0 fully saturated rings. The number of esters is 1. The van der Waals surface area contributed by atoms with Crippen molar-refractivity contribution < 1.29 is 18.3 Å². The van der Waals surface area contributed by atoms with E-state index in [0.29, 0.717) is 0 Å². The monoisotopic (exact) mass is 318 g/mol. The lowest BCUT2D eigenvalue weighted by Crippen LogP contribution is -2.12. The Morgan fingerprint density at radius 3 is 2.78 bits per heavy atom. The van der Waals surface area contributed by atoms with E-state index in [-0.39, 0.29) is 28.8 Å². The van der Waals surface area contributed by atoms with Gasteiger partial charge in [-0.1, -0.05) is 15.9 Å². The zero-order valence-corrected chi connectivity index (χ0v) is 11.0. The fourth-order valence-electron chi connectivity index (χ4n) is 1.31. The molecule has 4 nitrogen and oxygen atoms in total. The molecule has 0 aliphatic carbocycles. The molecule has 1 heterocycles. The van der Waals surface area contributed by atoms with Crippen LogP contribution in [0.3, 0.4) is 0 Å². The molecule has 1 aromatic heterocycles. The van der Waals surface area contributed by atoms with Crippen LogP contribution in [-0.2, 0) is 10.1 Å². The number of nitrogens with zero attached hydrogens (tertiary/aromatic N) is 2. The zero-order chi connectivity index (χ0) is 13.7. The molecule has 0 amide bonds. The minimum atomic E-state index is -2.87. The summed E-state index contributed by atoms with van der Waals surface area (Å²) in [7, 11) is 0. The SMILES string of the molecule is CCOC(=O)c1cc(C#N)c(C(F)F)nc1CBr. The molecule has 0 saturated heterocycles. The quantitative estimate of drug-likeness (QED) is 0.632. The summed E-state index contributed by atoms with van der Waals surface area (Å²) in [6.45, 7) is 1.77. The highest BCUT2D eigenvalue weighted by molar-refractivity contribution is 9.08. The minimum absolute atomic E-state index is 0.0228. The van der Waals surface area contributed by atoms with Gasteiger partial charge in [0.25, 0.3) is 6.43 Å². The number of aromatic nitrogens is 1. The molecule has 0 saturated carbocycles. The maximum Gasteiger partial charge on any atom is 0.340 e. The summed E-state index contributed by atoms with van der Waals surface area (Å²) < 4.78 is 30.1. The van der Waals surface area contributed by atoms with Gasteiger partial charge < -0.3 is 4.74 Å². The van der Waals surface area contributed by atoms with Crippen LogP contribution in [0.5, 0.6) is 0 Å². The van der Waals surface area contributed by atoms with E-state index in [9.17, 15) is 13.6 Å². The van der Waals surface area contributed by atoms with Gasteiger partial charge in [-0.25, -0.2) is 18.6 Å². The van der Waals surface area contributed by atoms with Gasteiger partial charge in [-0.3, -0.25) is 0 Å². The lowest BCUT2D eigenvalue weighted by atomic mass is 10.1. The first kappa shape index (κ1) is 14.5. The van der Waals surface area contributed by atoms with Gasteiger partial charge in [-0.05, 0) is 13.0 Å². The summed E-state index contributed by atoms with van der Waals surface area (Å²) >= 11 is 3.06. The Labute approximate surface area is 111 Å². The average molecular weight is 319 g/mol. The number of pyridine rings is 1. The van der Waals surface area contributed by atoms with Crippen LogP contribution in [0.4, 0.5) is 8.78 Å². The summed E-state index contributed by atoms with van der Waals surface area (Å²) in [6.07, 6.45) is -2.87. The smallest absolute Gasteiger partial charge is 0.340 e. The average Bonchev–Trinajstić information content (AvgIpc) is 2.37. The molecule has 0 radical (unpaired) electrons. The van der Waals surface area contributed by atoms with Gasteiger partial charge in [-0.15, -0.1) is 0 Å². The third-order valence-electron chi connectivity index (χ3n) is 2.08. The first-order chi connectivity index (χ1) is 8.54. The number of hydrogen-bond acceptors (Lipinski definition) is 4. The Balaban J connectivity index is 3.36. The van der Waals surface area contributed by atoms with Crippen molar-refractivity contribution in [2.75, 3.05) is 6.61 Å². The van der Waals surface area contributed by atoms with Gasteiger partial charge in [0.1, 0.15) is 11.8 Å². The molecule has 18 heavy (non-hydrogen) atoms. The molecule has 0 atom stereocenters. The van der Waals surface area contributed by atoms with Crippen molar-refractivity contribution in [3.8, 4) is 6.07 Å². The van der Waals surface area contributed by atoms with Crippen LogP contribution < -0.4 is 0 Å². The van der Waals surface area contributed by atoms with Crippen molar-refractivity contribution >= 4 is 21.9 Å². The normalized spacial score (nSPS) is 10.2. The van der Waals surface area contributed by atoms with Crippen molar-refractivity contribution in [2.45, 2.75) is 18.7 Å². The Kier molecular flexibility index (Phi) is 5.16. The fraction of sp³-hybridized carbons (Fsp3) is 0.364. The predicted octanol–water partition coefficient (Wildman–Crippen LogP) is 2.96. The Morgan fingerprint density at radius 2 is 2.33 bits per heavy atom. The molecule has 0 N–H and O–H groups in total. The van der Waals surface area contributed by atoms with E-state index in [1.165, 1.54) is 0 Å². The van der Waals surface area contributed by atoms with Crippen LogP contribution in [0, 0.1) is 11.3 Å². The summed E-state index contributed by atoms with van der Waals surface area (Å²) in [5.41, 5.74) is -0.796. The number of halogens is 3. The van der Waals surface area contributed by atoms with Crippen LogP contribution in [0.2, 0.25) is 0 Å². The number of nitriles is 1. The van der Waals surface area contributed by atoms with E-state index < -0.39 is 18.1 Å². The highest BCUT2D eigenvalue weighted by atomic mass is 79.9. The molecule has 1 rings (SSSR count). The largest absolute Gasteiger partial charge is 0.462 e. The lowest BCUT2D eigenvalue weighted by Gasteiger charge is -2.09. The maximum absolute atomic E-state index is 12.7. The first-order valence-electron chi connectivity index (χ1n) is 5.00. The highest BCUT2D eigenvalue weighted by Crippen LogP contribution is 2.24. The standard InChI is InChI=1S/C11H9BrF2N2O2/c1-2-18-11(17)7-3-6(5-15)9(10(13)14)16-8(7)4-12/h3,10H,2,4H2,1H3. The van der Waals surface area contributed by atoms with E-state index in [1.54, 1.807) is 13.0 Å². The topological polar surface area (TPSA) is 63.0 Å². The number of ether oxygens (including phenoxy) is 1. The zero-order valence-electron chi connectivity index (χ0n) is 9.41. The summed E-state index contributed by atoms with van der Waals surface area (Å²) in [4.78, 5) is 15.2. The second-order valence-electron chi connectivity index (χ2n) is 3.18. The summed E-state index contributed by atoms with van der Waals surface area (Å²) in [5.74, 6) is -0.684. The number of alkyl halides is 3. The second kappa shape index (κ2) is 6.40. The van der Waals surface area contributed by atoms with Gasteiger partial charge >= 0.3 is 5.97 Å². The molecule has 7 heteroatoms. The van der Waals surface area contributed by atoms with Crippen molar-refractivity contribution in [3.05, 3.63) is 28.6 Å². The van der Waals surface area contributed by atoms with Crippen molar-refractivity contribution in [3.63, 3.8) is 0 Å². The third-order valence-corrected chi connectivity index (χ3v) is 2.61. The number of hydrogen-bond donors (Lipinski definition) is 0. The molecule has 0 aliphatic rings. The molecule has 0 bridgehead atoms. The van der Waals surface area contributed by atoms with Crippen molar-refractivity contribution in [1.82, 2.24) is 4.98 Å². The van der Waals surface area contributed by atoms with Gasteiger partial charge in [-0.2, -0.15) is 5.26 Å². The van der Waals surface area contributed by atoms with Gasteiger partial charge in [0.15, 0.2) is 0 Å². The van der Waals surface area contributed by atoms with E-state index in [0.717, 1.165) is 6.07 Å². The van der Waals surface area contributed by atoms with Gasteiger partial charge in [0.2, 0.25) is 0 Å². The van der Waals surface area contributed by atoms with E-state index in [2.05, 4.69) is 20.9 Å². The van der Waals surface area contributed by atoms with Crippen LogP contribution >= 0.6 is 15.9 Å². The lowest BCUT2D eigenvalue weighted by molar-refractivity contribution is 0.0524. The molecule has 0 spiro atoms. The van der Waals surface area contributed by atoms with E-state index in [1.807, 2.05) is 0 Å². The number of rotatable bonds is 4. The summed E-state index contributed by atoms with van der Waals surface area (Å²) in [6, 6.07) is 2.69. The maximum atomic E-state index is 12.7. The minimum Gasteiger partial charge on any atom is -0.462 e. The van der Waals surface area contributed by atoms with Crippen LogP contribution in [0.25, 0.3) is 0 Å². The molecular formula is C11H9BrF2N2O2. The van der Waals surface area contributed by atoms with Gasteiger partial charge in [0.05, 0.1) is 23.4 Å². The Morgan fingerprint density at radius 1 is 1.67 bits per heavy atom. The summed E-state index contributed by atoms with van der Waals surface area (Å²) in [5, 5.41) is 8.90. The van der Waals surface area contributed by atoms with Crippen molar-refractivity contribution in [1.29, 1.82) is 5.26 Å². The van der Waals surface area contributed by atoms with Crippen LogP contribution in [0.1, 0.15) is 40.7 Å². The molecule has 1 aromatic rings. The van der Waals surface area contributed by atoms with E-state index >= 15 is 0 Å². The third kappa shape index (κ3) is 3.01. The Hall–Kier alpha value is -1.55. The number of carbonyl (C=O) groups excluding carboxylic acids is 1. The molecule has 96 valence electrons. The second-order valence-corrected chi connectivity index (χ2v) is 3.74. The van der Waals surface area contributed by atoms with Crippen LogP contribution in [0.15, 0.2) is 6.07 Å². The first-order valence-corrected chi connectivity index (χ1v) is 6.12. The molecule has 0 aliphatic heterocycles. The predicted molar refractivity (Wildman–Crippen MR) is 62.5 cm³/mol. The van der Waals surface area contributed by atoms with Crippen molar-refractivity contribution in [2.24, 2.45) is 0 Å². The molecular weight excluding hydrogens is 310 g/mol.